The predicted octanol–water partition coefficient (Wildman–Crippen LogP) is 4.13. The largest absolute Gasteiger partial charge is 0.467 e. The lowest BCUT2D eigenvalue weighted by Gasteiger charge is -2.12. The number of amides is 1. The van der Waals surface area contributed by atoms with E-state index in [9.17, 15) is 18.8 Å². The molecule has 35 heavy (non-hydrogen) atoms. The number of aryl methyl sites for hydroxylation is 1. The van der Waals surface area contributed by atoms with Gasteiger partial charge in [0.25, 0.3) is 5.56 Å². The SMILES string of the molecule is CCOC(=O)c1sc2nc(SCC(=O)NCc3ccco3)n(Cc3ccc(F)cc3)c(=O)c2c1C. The summed E-state index contributed by atoms with van der Waals surface area (Å²) in [6.45, 7) is 3.98. The maximum atomic E-state index is 13.5. The van der Waals surface area contributed by atoms with Crippen molar-refractivity contribution in [2.24, 2.45) is 0 Å². The summed E-state index contributed by atoms with van der Waals surface area (Å²) in [4.78, 5) is 43.6. The number of carbonyl (C=O) groups is 2. The minimum Gasteiger partial charge on any atom is -0.467 e. The molecule has 182 valence electrons. The molecule has 1 amide bonds. The minimum absolute atomic E-state index is 0.0111. The number of nitrogens with zero attached hydrogens (tertiary/aromatic N) is 2. The number of thiophene rings is 1. The summed E-state index contributed by atoms with van der Waals surface area (Å²) in [5, 5.41) is 3.40. The summed E-state index contributed by atoms with van der Waals surface area (Å²) in [7, 11) is 0. The topological polar surface area (TPSA) is 103 Å². The lowest BCUT2D eigenvalue weighted by Crippen LogP contribution is -2.27. The van der Waals surface area contributed by atoms with Crippen LogP contribution in [-0.4, -0.2) is 33.8 Å². The number of thioether (sulfide) groups is 1. The van der Waals surface area contributed by atoms with Crippen LogP contribution in [-0.2, 0) is 22.6 Å². The van der Waals surface area contributed by atoms with Crippen LogP contribution in [0.25, 0.3) is 10.2 Å². The number of hydrogen-bond donors (Lipinski definition) is 1. The lowest BCUT2D eigenvalue weighted by molar-refractivity contribution is -0.118. The van der Waals surface area contributed by atoms with Gasteiger partial charge in [-0.3, -0.25) is 14.2 Å². The minimum atomic E-state index is -0.510. The van der Waals surface area contributed by atoms with Crippen molar-refractivity contribution >= 4 is 45.2 Å². The highest BCUT2D eigenvalue weighted by Crippen LogP contribution is 2.30. The molecule has 0 aliphatic carbocycles. The predicted molar refractivity (Wildman–Crippen MR) is 131 cm³/mol. The van der Waals surface area contributed by atoms with Crippen molar-refractivity contribution in [3.05, 3.63) is 80.6 Å². The highest BCUT2D eigenvalue weighted by atomic mass is 32.2. The Morgan fingerprint density at radius 1 is 1.26 bits per heavy atom. The summed E-state index contributed by atoms with van der Waals surface area (Å²) in [5.41, 5.74) is 0.848. The van der Waals surface area contributed by atoms with E-state index < -0.39 is 5.97 Å². The van der Waals surface area contributed by atoms with Crippen LogP contribution in [0.5, 0.6) is 0 Å². The van der Waals surface area contributed by atoms with Crippen molar-refractivity contribution in [1.82, 2.24) is 14.9 Å². The summed E-state index contributed by atoms with van der Waals surface area (Å²) in [6.07, 6.45) is 1.52. The molecule has 4 rings (SSSR count). The second-order valence-corrected chi connectivity index (χ2v) is 9.46. The van der Waals surface area contributed by atoms with Gasteiger partial charge in [-0.15, -0.1) is 11.3 Å². The number of fused-ring (bicyclic) bond motifs is 1. The molecule has 0 saturated heterocycles. The van der Waals surface area contributed by atoms with Gasteiger partial charge in [-0.1, -0.05) is 23.9 Å². The molecule has 1 aromatic carbocycles. The van der Waals surface area contributed by atoms with Crippen molar-refractivity contribution in [1.29, 1.82) is 0 Å². The van der Waals surface area contributed by atoms with E-state index in [1.165, 1.54) is 23.0 Å². The van der Waals surface area contributed by atoms with Crippen LogP contribution >= 0.6 is 23.1 Å². The van der Waals surface area contributed by atoms with Gasteiger partial charge in [0.1, 0.15) is 21.3 Å². The van der Waals surface area contributed by atoms with E-state index in [1.54, 1.807) is 38.1 Å². The zero-order valence-electron chi connectivity index (χ0n) is 19.0. The molecule has 0 unspecified atom stereocenters. The Morgan fingerprint density at radius 2 is 2.03 bits per heavy atom. The molecule has 8 nitrogen and oxygen atoms in total. The van der Waals surface area contributed by atoms with E-state index in [0.717, 1.165) is 23.1 Å². The second kappa shape index (κ2) is 10.9. The molecule has 0 saturated carbocycles. The highest BCUT2D eigenvalue weighted by Gasteiger charge is 2.23. The van der Waals surface area contributed by atoms with Crippen molar-refractivity contribution in [3.8, 4) is 0 Å². The van der Waals surface area contributed by atoms with Crippen LogP contribution in [0.1, 0.15) is 33.5 Å². The van der Waals surface area contributed by atoms with Gasteiger partial charge < -0.3 is 14.5 Å². The number of aromatic nitrogens is 2. The van der Waals surface area contributed by atoms with Gasteiger partial charge in [-0.2, -0.15) is 0 Å². The number of ether oxygens (including phenoxy) is 1. The van der Waals surface area contributed by atoms with E-state index in [-0.39, 0.29) is 42.7 Å². The van der Waals surface area contributed by atoms with Crippen LogP contribution in [0.3, 0.4) is 0 Å². The molecule has 0 aliphatic heterocycles. The zero-order chi connectivity index (χ0) is 24.9. The Bertz CT molecular complexity index is 1410. The monoisotopic (exact) mass is 515 g/mol. The smallest absolute Gasteiger partial charge is 0.348 e. The Balaban J connectivity index is 1.67. The lowest BCUT2D eigenvalue weighted by atomic mass is 10.2. The number of esters is 1. The third kappa shape index (κ3) is 5.63. The molecule has 0 aliphatic rings. The molecule has 11 heteroatoms. The Hall–Kier alpha value is -3.44. The van der Waals surface area contributed by atoms with Crippen LogP contribution in [0.2, 0.25) is 0 Å². The fraction of sp³-hybridized carbons (Fsp3) is 0.250. The van der Waals surface area contributed by atoms with Gasteiger partial charge >= 0.3 is 5.97 Å². The normalized spacial score (nSPS) is 11.1. The van der Waals surface area contributed by atoms with E-state index in [1.807, 2.05) is 0 Å². The van der Waals surface area contributed by atoms with Crippen molar-refractivity contribution in [2.75, 3.05) is 12.4 Å². The summed E-state index contributed by atoms with van der Waals surface area (Å²) in [6, 6.07) is 9.29. The van der Waals surface area contributed by atoms with Gasteiger partial charge in [-0.25, -0.2) is 14.2 Å². The number of hydrogen-bond acceptors (Lipinski definition) is 8. The highest BCUT2D eigenvalue weighted by molar-refractivity contribution is 7.99. The second-order valence-electron chi connectivity index (χ2n) is 7.51. The van der Waals surface area contributed by atoms with Crippen molar-refractivity contribution < 1.29 is 23.1 Å². The number of rotatable bonds is 9. The average molecular weight is 516 g/mol. The third-order valence-corrected chi connectivity index (χ3v) is 7.24. The molecule has 0 spiro atoms. The number of carbonyl (C=O) groups excluding carboxylic acids is 2. The zero-order valence-corrected chi connectivity index (χ0v) is 20.6. The first kappa shape index (κ1) is 24.7. The summed E-state index contributed by atoms with van der Waals surface area (Å²) in [5.74, 6) is -0.522. The van der Waals surface area contributed by atoms with Gasteiger partial charge in [0.05, 0.1) is 37.1 Å². The Kier molecular flexibility index (Phi) is 7.67. The molecule has 0 fully saturated rings. The van der Waals surface area contributed by atoms with Crippen LogP contribution in [0.15, 0.2) is 57.0 Å². The quantitative estimate of drug-likeness (QED) is 0.203. The Labute approximate surface area is 208 Å². The van der Waals surface area contributed by atoms with Gasteiger partial charge in [-0.05, 0) is 49.2 Å². The molecule has 1 N–H and O–H groups in total. The number of furan rings is 1. The van der Waals surface area contributed by atoms with Crippen LogP contribution in [0, 0.1) is 12.7 Å². The Morgan fingerprint density at radius 3 is 2.71 bits per heavy atom. The maximum absolute atomic E-state index is 13.5. The molecule has 0 bridgehead atoms. The number of benzene rings is 1. The first-order valence-corrected chi connectivity index (χ1v) is 12.5. The van der Waals surface area contributed by atoms with E-state index in [0.29, 0.717) is 37.1 Å². The first-order chi connectivity index (χ1) is 16.9. The molecular formula is C24H22FN3O5S2. The van der Waals surface area contributed by atoms with Crippen LogP contribution < -0.4 is 10.9 Å². The standard InChI is InChI=1S/C24H22FN3O5S2/c1-3-32-23(31)20-14(2)19-21(35-20)27-24(34-13-18(29)26-11-17-5-4-10-33-17)28(22(19)30)12-15-6-8-16(25)9-7-15/h4-10H,3,11-13H2,1-2H3,(H,26,29). The van der Waals surface area contributed by atoms with Gasteiger partial charge in [0.2, 0.25) is 5.91 Å². The van der Waals surface area contributed by atoms with Crippen molar-refractivity contribution in [2.45, 2.75) is 32.1 Å². The van der Waals surface area contributed by atoms with E-state index >= 15 is 0 Å². The summed E-state index contributed by atoms with van der Waals surface area (Å²) < 4.78 is 25.2. The third-order valence-electron chi connectivity index (χ3n) is 5.10. The number of halogens is 1. The molecular weight excluding hydrogens is 493 g/mol. The molecule has 4 aromatic rings. The first-order valence-electron chi connectivity index (χ1n) is 10.7. The fourth-order valence-electron chi connectivity index (χ4n) is 3.39. The van der Waals surface area contributed by atoms with E-state index in [4.69, 9.17) is 9.15 Å². The average Bonchev–Trinajstić information content (AvgIpc) is 3.47. The molecule has 3 heterocycles. The molecule has 0 radical (unpaired) electrons. The molecule has 0 atom stereocenters. The van der Waals surface area contributed by atoms with Crippen LogP contribution in [0.4, 0.5) is 4.39 Å². The number of nitrogens with one attached hydrogen (secondary N) is 1. The van der Waals surface area contributed by atoms with E-state index in [2.05, 4.69) is 10.3 Å². The van der Waals surface area contributed by atoms with Gasteiger partial charge in [0, 0.05) is 0 Å². The maximum Gasteiger partial charge on any atom is 0.348 e. The fourth-order valence-corrected chi connectivity index (χ4v) is 5.34. The van der Waals surface area contributed by atoms with Gasteiger partial charge in [0.15, 0.2) is 5.16 Å². The van der Waals surface area contributed by atoms with Crippen molar-refractivity contribution in [3.63, 3.8) is 0 Å². The molecule has 3 aromatic heterocycles. The summed E-state index contributed by atoms with van der Waals surface area (Å²) >= 11 is 2.19.